The lowest BCUT2D eigenvalue weighted by molar-refractivity contribution is 0.0289. The van der Waals surface area contributed by atoms with Gasteiger partial charge in [-0.2, -0.15) is 0 Å². The quantitative estimate of drug-likeness (QED) is 0.747. The molecule has 1 aromatic heterocycles. The number of carbonyl (C=O) groups excluding carboxylic acids is 1. The largest absolute Gasteiger partial charge is 0.494 e. The van der Waals surface area contributed by atoms with E-state index in [1.54, 1.807) is 21.7 Å². The fourth-order valence-electron chi connectivity index (χ4n) is 3.21. The molecule has 2 aliphatic heterocycles. The number of aromatic nitrogens is 1. The summed E-state index contributed by atoms with van der Waals surface area (Å²) in [5.74, 6) is 0. The van der Waals surface area contributed by atoms with E-state index in [-0.39, 0.29) is 23.3 Å². The molecular weight excluding hydrogens is 335 g/mol. The summed E-state index contributed by atoms with van der Waals surface area (Å²) in [6.07, 6.45) is 2.15. The van der Waals surface area contributed by atoms with Gasteiger partial charge >= 0.3 is 13.2 Å². The number of nitrogens with zero attached hydrogens (tertiary/aromatic N) is 2. The number of amides is 1. The third-order valence-electron chi connectivity index (χ3n) is 4.46. The Morgan fingerprint density at radius 2 is 2.12 bits per heavy atom. The molecule has 0 radical (unpaired) electrons. The van der Waals surface area contributed by atoms with Gasteiger partial charge in [-0.05, 0) is 52.6 Å². The summed E-state index contributed by atoms with van der Waals surface area (Å²) in [6, 6.07) is 3.36. The number of pyridine rings is 1. The normalized spacial score (nSPS) is 22.7. The van der Waals surface area contributed by atoms with Gasteiger partial charge in [0.15, 0.2) is 0 Å². The maximum absolute atomic E-state index is 12.6. The molecule has 2 saturated heterocycles. The van der Waals surface area contributed by atoms with E-state index in [2.05, 4.69) is 0 Å². The highest BCUT2D eigenvalue weighted by molar-refractivity contribution is 6.61. The summed E-state index contributed by atoms with van der Waals surface area (Å²) < 4.78 is 18.5. The Hall–Kier alpha value is -1.80. The first-order valence-corrected chi connectivity index (χ1v) is 9.03. The maximum atomic E-state index is 12.6. The number of hydrogen-bond acceptors (Lipinski definition) is 5. The van der Waals surface area contributed by atoms with Gasteiger partial charge in [0.1, 0.15) is 5.60 Å². The van der Waals surface area contributed by atoms with Gasteiger partial charge in [0.05, 0.1) is 18.2 Å². The molecule has 3 heterocycles. The van der Waals surface area contributed by atoms with Crippen LogP contribution in [0.4, 0.5) is 4.79 Å². The Kier molecular flexibility index (Phi) is 4.92. The van der Waals surface area contributed by atoms with E-state index in [0.29, 0.717) is 19.7 Å². The van der Waals surface area contributed by atoms with Crippen molar-refractivity contribution < 1.29 is 18.8 Å². The van der Waals surface area contributed by atoms with E-state index in [0.717, 1.165) is 11.9 Å². The fourth-order valence-corrected chi connectivity index (χ4v) is 3.21. The molecule has 1 atom stereocenters. The van der Waals surface area contributed by atoms with E-state index in [1.165, 1.54) is 0 Å². The van der Waals surface area contributed by atoms with Crippen LogP contribution in [0.5, 0.6) is 0 Å². The van der Waals surface area contributed by atoms with Crippen LogP contribution in [0.25, 0.3) is 0 Å². The molecule has 1 unspecified atom stereocenters. The van der Waals surface area contributed by atoms with E-state index >= 15 is 0 Å². The number of likely N-dealkylation sites (tertiary alicyclic amines) is 1. The smallest absolute Gasteiger partial charge is 0.444 e. The zero-order chi connectivity index (χ0) is 19.1. The first-order chi connectivity index (χ1) is 12.0. The predicted molar refractivity (Wildman–Crippen MR) is 98.7 cm³/mol. The van der Waals surface area contributed by atoms with Crippen molar-refractivity contribution in [3.63, 3.8) is 0 Å². The van der Waals surface area contributed by atoms with Crippen molar-refractivity contribution in [2.24, 2.45) is 0 Å². The van der Waals surface area contributed by atoms with Gasteiger partial charge < -0.3 is 23.5 Å². The monoisotopic (exact) mass is 362 g/mol. The molecule has 0 saturated carbocycles. The van der Waals surface area contributed by atoms with Crippen molar-refractivity contribution in [1.29, 1.82) is 0 Å². The molecule has 1 amide bonds. The van der Waals surface area contributed by atoms with Gasteiger partial charge in [-0.25, -0.2) is 4.79 Å². The lowest BCUT2D eigenvalue weighted by atomic mass is 9.80. The zero-order valence-corrected chi connectivity index (χ0v) is 16.2. The lowest BCUT2D eigenvalue weighted by Crippen LogP contribution is -2.39. The Bertz CT molecular complexity index is 740. The molecule has 142 valence electrons. The van der Waals surface area contributed by atoms with Crippen LogP contribution in [0.1, 0.15) is 47.1 Å². The predicted octanol–water partition coefficient (Wildman–Crippen LogP) is 1.55. The molecule has 7 nitrogen and oxygen atoms in total. The Morgan fingerprint density at radius 3 is 2.69 bits per heavy atom. The van der Waals surface area contributed by atoms with Gasteiger partial charge in [-0.3, -0.25) is 4.79 Å². The van der Waals surface area contributed by atoms with Gasteiger partial charge in [0.25, 0.3) is 0 Å². The van der Waals surface area contributed by atoms with Gasteiger partial charge in [0, 0.05) is 25.4 Å². The maximum Gasteiger partial charge on any atom is 0.494 e. The molecule has 0 bridgehead atoms. The molecule has 26 heavy (non-hydrogen) atoms. The Morgan fingerprint density at radius 1 is 1.38 bits per heavy atom. The zero-order valence-electron chi connectivity index (χ0n) is 16.2. The second-order valence-electron chi connectivity index (χ2n) is 8.59. The van der Waals surface area contributed by atoms with Crippen LogP contribution in [0, 0.1) is 0 Å². The van der Waals surface area contributed by atoms with Crippen LogP contribution < -0.4 is 11.0 Å². The average Bonchev–Trinajstić information content (AvgIpc) is 3.12. The summed E-state index contributed by atoms with van der Waals surface area (Å²) in [7, 11) is -0.505. The number of ether oxygens (including phenoxy) is 1. The molecular formula is C18H27BN2O5. The highest BCUT2D eigenvalue weighted by atomic mass is 16.7. The van der Waals surface area contributed by atoms with E-state index < -0.39 is 12.7 Å². The third kappa shape index (κ3) is 4.30. The number of carbonyl (C=O) groups is 1. The molecule has 0 aromatic carbocycles. The van der Waals surface area contributed by atoms with Crippen LogP contribution in [0.3, 0.4) is 0 Å². The summed E-state index contributed by atoms with van der Waals surface area (Å²) in [6.45, 7) is 11.0. The summed E-state index contributed by atoms with van der Waals surface area (Å²) >= 11 is 0. The summed E-state index contributed by atoms with van der Waals surface area (Å²) in [4.78, 5) is 26.4. The molecule has 2 aliphatic rings. The van der Waals surface area contributed by atoms with E-state index in [9.17, 15) is 9.59 Å². The minimum atomic E-state index is -0.525. The second kappa shape index (κ2) is 6.74. The number of hydrogen-bond donors (Lipinski definition) is 0. The molecule has 0 spiro atoms. The second-order valence-corrected chi connectivity index (χ2v) is 8.59. The minimum Gasteiger partial charge on any atom is -0.444 e. The topological polar surface area (TPSA) is 70.0 Å². The van der Waals surface area contributed by atoms with Crippen LogP contribution in [-0.4, -0.2) is 53.6 Å². The van der Waals surface area contributed by atoms with Crippen LogP contribution in [0.2, 0.25) is 0 Å². The average molecular weight is 362 g/mol. The van der Waals surface area contributed by atoms with Crippen LogP contribution in [-0.2, 0) is 14.0 Å². The van der Waals surface area contributed by atoms with Crippen LogP contribution >= 0.6 is 0 Å². The molecule has 0 N–H and O–H groups in total. The Balaban J connectivity index is 1.67. The van der Waals surface area contributed by atoms with E-state index in [4.69, 9.17) is 14.0 Å². The van der Waals surface area contributed by atoms with Crippen molar-refractivity contribution in [2.45, 2.75) is 58.3 Å². The third-order valence-corrected chi connectivity index (χ3v) is 4.46. The van der Waals surface area contributed by atoms with Gasteiger partial charge in [-0.1, -0.05) is 0 Å². The molecule has 2 fully saturated rings. The first-order valence-electron chi connectivity index (χ1n) is 9.03. The van der Waals surface area contributed by atoms with Crippen LogP contribution in [0.15, 0.2) is 23.1 Å². The molecule has 8 heteroatoms. The van der Waals surface area contributed by atoms with Crippen molar-refractivity contribution in [2.75, 3.05) is 19.7 Å². The summed E-state index contributed by atoms with van der Waals surface area (Å²) in [5.41, 5.74) is -0.268. The minimum absolute atomic E-state index is 0.0501. The number of rotatable bonds is 2. The first kappa shape index (κ1) is 19.0. The van der Waals surface area contributed by atoms with Gasteiger partial charge in [0.2, 0.25) is 5.56 Å². The van der Waals surface area contributed by atoms with Crippen molar-refractivity contribution in [3.8, 4) is 0 Å². The fraction of sp³-hybridized carbons (Fsp3) is 0.667. The molecule has 3 rings (SSSR count). The van der Waals surface area contributed by atoms with Crippen molar-refractivity contribution >= 4 is 18.7 Å². The SMILES string of the molecule is CC(C)(C)OC(=O)N1CCC(n2ccc(B3OCC(C)(C)O3)cc2=O)C1. The van der Waals surface area contributed by atoms with Crippen molar-refractivity contribution in [1.82, 2.24) is 9.47 Å². The van der Waals surface area contributed by atoms with Gasteiger partial charge in [-0.15, -0.1) is 0 Å². The van der Waals surface area contributed by atoms with Crippen molar-refractivity contribution in [3.05, 3.63) is 28.7 Å². The standard InChI is InChI=1S/C18H27BN2O5/c1-17(2,3)25-16(23)20-8-7-14(11-20)21-9-6-13(10-15(21)22)19-24-12-18(4,5)26-19/h6,9-10,14H,7-8,11-12H2,1-5H3. The lowest BCUT2D eigenvalue weighted by Gasteiger charge is -2.24. The molecule has 1 aromatic rings. The highest BCUT2D eigenvalue weighted by Crippen LogP contribution is 2.23. The van der Waals surface area contributed by atoms with E-state index in [1.807, 2.05) is 40.7 Å². The molecule has 0 aliphatic carbocycles. The highest BCUT2D eigenvalue weighted by Gasteiger charge is 2.38. The Labute approximate surface area is 154 Å². The summed E-state index contributed by atoms with van der Waals surface area (Å²) in [5, 5.41) is 0.